The summed E-state index contributed by atoms with van der Waals surface area (Å²) in [6, 6.07) is 24.2. The number of aromatic amines is 2. The fourth-order valence-corrected chi connectivity index (χ4v) is 4.87. The highest BCUT2D eigenvalue weighted by molar-refractivity contribution is 9.10. The van der Waals surface area contributed by atoms with Gasteiger partial charge >= 0.3 is 11.9 Å². The van der Waals surface area contributed by atoms with Crippen molar-refractivity contribution >= 4 is 27.9 Å². The van der Waals surface area contributed by atoms with E-state index in [9.17, 15) is 19.2 Å². The van der Waals surface area contributed by atoms with Gasteiger partial charge in [-0.25, -0.2) is 19.0 Å². The number of carbonyl (C=O) groups excluding carboxylic acids is 2. The van der Waals surface area contributed by atoms with Crippen LogP contribution in [-0.2, 0) is 9.47 Å². The third-order valence-electron chi connectivity index (χ3n) is 6.44. The highest BCUT2D eigenvalue weighted by Gasteiger charge is 2.36. The molecule has 2 aromatic heterocycles. The molecule has 2 N–H and O–H groups in total. The zero-order valence-corrected chi connectivity index (χ0v) is 23.0. The molecule has 5 rings (SSSR count). The van der Waals surface area contributed by atoms with Crippen LogP contribution < -0.4 is 11.1 Å². The summed E-state index contributed by atoms with van der Waals surface area (Å²) in [4.78, 5) is 54.3. The molecule has 0 aliphatic rings. The molecule has 5 aromatic rings. The van der Waals surface area contributed by atoms with Crippen LogP contribution in [0, 0.1) is 0 Å². The first-order chi connectivity index (χ1) is 19.3. The van der Waals surface area contributed by atoms with Crippen molar-refractivity contribution in [1.29, 1.82) is 0 Å². The Morgan fingerprint density at radius 3 is 1.45 bits per heavy atom. The molecular formula is C29H23BrN4O6. The number of para-hydroxylation sites is 2. The number of esters is 2. The minimum absolute atomic E-state index is 0.0699. The predicted molar refractivity (Wildman–Crippen MR) is 151 cm³/mol. The van der Waals surface area contributed by atoms with Crippen LogP contribution in [0.5, 0.6) is 0 Å². The molecule has 0 radical (unpaired) electrons. The molecule has 40 heavy (non-hydrogen) atoms. The molecule has 0 saturated heterocycles. The zero-order chi connectivity index (χ0) is 28.4. The number of ether oxygens (including phenoxy) is 2. The largest absolute Gasteiger partial charge is 0.464 e. The van der Waals surface area contributed by atoms with E-state index < -0.39 is 29.0 Å². The highest BCUT2D eigenvalue weighted by atomic mass is 79.9. The Morgan fingerprint density at radius 2 is 1.07 bits per heavy atom. The monoisotopic (exact) mass is 602 g/mol. The van der Waals surface area contributed by atoms with E-state index in [1.807, 2.05) is 0 Å². The van der Waals surface area contributed by atoms with Crippen LogP contribution in [0.1, 0.15) is 43.6 Å². The van der Waals surface area contributed by atoms with Crippen molar-refractivity contribution in [2.45, 2.75) is 5.92 Å². The minimum atomic E-state index is -1.17. The fourth-order valence-electron chi connectivity index (χ4n) is 4.60. The summed E-state index contributed by atoms with van der Waals surface area (Å²) in [7, 11) is 2.38. The Labute approximate surface area is 235 Å². The van der Waals surface area contributed by atoms with E-state index in [0.29, 0.717) is 16.9 Å². The van der Waals surface area contributed by atoms with Crippen LogP contribution in [0.2, 0.25) is 0 Å². The normalized spacial score (nSPS) is 11.0. The minimum Gasteiger partial charge on any atom is -0.464 e. The molecule has 0 unspecified atom stereocenters. The molecule has 11 heteroatoms. The summed E-state index contributed by atoms with van der Waals surface area (Å²) in [6.45, 7) is 0. The van der Waals surface area contributed by atoms with Crippen molar-refractivity contribution in [1.82, 2.24) is 19.6 Å². The molecule has 0 aliphatic heterocycles. The second-order valence-electron chi connectivity index (χ2n) is 8.72. The third kappa shape index (κ3) is 4.71. The number of hydrogen-bond acceptors (Lipinski definition) is 6. The van der Waals surface area contributed by atoms with E-state index in [4.69, 9.17) is 9.47 Å². The van der Waals surface area contributed by atoms with E-state index in [1.165, 1.54) is 23.6 Å². The molecule has 2 heterocycles. The van der Waals surface area contributed by atoms with Crippen molar-refractivity contribution in [3.8, 4) is 11.4 Å². The molecule has 0 amide bonds. The summed E-state index contributed by atoms with van der Waals surface area (Å²) in [6.07, 6.45) is 0. The van der Waals surface area contributed by atoms with E-state index in [-0.39, 0.29) is 22.5 Å². The Kier molecular flexibility index (Phi) is 7.39. The summed E-state index contributed by atoms with van der Waals surface area (Å²) >= 11 is 3.41. The lowest BCUT2D eigenvalue weighted by Crippen LogP contribution is -2.26. The average molecular weight is 603 g/mol. The molecule has 0 atom stereocenters. The SMILES string of the molecule is COC(=O)c1[nH]n(-c2ccccc2)c(=O)c1C(c1ccc(Br)cc1)c1c(C(=O)OC)[nH]n(-c2ccccc2)c1=O. The number of nitrogens with one attached hydrogen (secondary N) is 2. The molecule has 0 bridgehead atoms. The van der Waals surface area contributed by atoms with Gasteiger partial charge in [-0.2, -0.15) is 0 Å². The highest BCUT2D eigenvalue weighted by Crippen LogP contribution is 2.34. The van der Waals surface area contributed by atoms with E-state index in [2.05, 4.69) is 26.1 Å². The summed E-state index contributed by atoms with van der Waals surface area (Å²) < 4.78 is 13.2. The fraction of sp³-hybridized carbons (Fsp3) is 0.103. The van der Waals surface area contributed by atoms with Gasteiger partial charge in [-0.1, -0.05) is 64.5 Å². The van der Waals surface area contributed by atoms with Gasteiger partial charge in [0.15, 0.2) is 11.4 Å². The standard InChI is InChI=1S/C29H23BrN4O6/c1-39-28(37)24-22(26(35)33(31-24)19-9-5-3-6-10-19)21(17-13-15-18(30)16-14-17)23-25(29(38)40-2)32-34(27(23)36)20-11-7-4-8-12-20/h3-16,21,31-32H,1-2H3. The molecule has 0 fully saturated rings. The number of benzene rings is 3. The lowest BCUT2D eigenvalue weighted by Gasteiger charge is -2.16. The predicted octanol–water partition coefficient (Wildman–Crippen LogP) is 4.16. The number of H-pyrrole nitrogens is 2. The summed E-state index contributed by atoms with van der Waals surface area (Å²) in [5, 5.41) is 5.71. The van der Waals surface area contributed by atoms with Crippen molar-refractivity contribution in [3.63, 3.8) is 0 Å². The third-order valence-corrected chi connectivity index (χ3v) is 6.97. The smallest absolute Gasteiger partial charge is 0.356 e. The Balaban J connectivity index is 1.89. The Morgan fingerprint density at radius 1 is 0.675 bits per heavy atom. The van der Waals surface area contributed by atoms with E-state index in [1.54, 1.807) is 84.9 Å². The summed E-state index contributed by atoms with van der Waals surface area (Å²) in [5.74, 6) is -2.80. The van der Waals surface area contributed by atoms with Crippen LogP contribution in [0.25, 0.3) is 11.4 Å². The quantitative estimate of drug-likeness (QED) is 0.269. The number of aromatic nitrogens is 4. The molecule has 202 valence electrons. The van der Waals surface area contributed by atoms with Gasteiger partial charge in [0.1, 0.15) is 0 Å². The second kappa shape index (κ2) is 11.1. The van der Waals surface area contributed by atoms with E-state index >= 15 is 0 Å². The first-order valence-electron chi connectivity index (χ1n) is 12.1. The molecule has 0 spiro atoms. The van der Waals surface area contributed by atoms with Crippen molar-refractivity contribution in [3.05, 3.63) is 138 Å². The first kappa shape index (κ1) is 26.7. The van der Waals surface area contributed by atoms with Gasteiger partial charge in [-0.05, 0) is 42.0 Å². The molecule has 3 aromatic carbocycles. The van der Waals surface area contributed by atoms with Crippen molar-refractivity contribution < 1.29 is 19.1 Å². The van der Waals surface area contributed by atoms with Crippen LogP contribution in [-0.4, -0.2) is 45.7 Å². The van der Waals surface area contributed by atoms with E-state index in [0.717, 1.165) is 4.47 Å². The van der Waals surface area contributed by atoms with Crippen LogP contribution in [0.15, 0.2) is 99.0 Å². The maximum atomic E-state index is 14.1. The number of carbonyl (C=O) groups is 2. The molecule has 0 aliphatic carbocycles. The van der Waals surface area contributed by atoms with Crippen LogP contribution >= 0.6 is 15.9 Å². The lowest BCUT2D eigenvalue weighted by molar-refractivity contribution is 0.0585. The van der Waals surface area contributed by atoms with Crippen LogP contribution in [0.4, 0.5) is 0 Å². The summed E-state index contributed by atoms with van der Waals surface area (Å²) in [5.41, 5.74) is -0.252. The number of nitrogens with zero attached hydrogens (tertiary/aromatic N) is 2. The zero-order valence-electron chi connectivity index (χ0n) is 21.4. The topological polar surface area (TPSA) is 128 Å². The van der Waals surface area contributed by atoms with Gasteiger partial charge in [-0.15, -0.1) is 0 Å². The average Bonchev–Trinajstić information content (AvgIpc) is 3.51. The van der Waals surface area contributed by atoms with Gasteiger partial charge in [0.2, 0.25) is 0 Å². The molecule has 0 saturated carbocycles. The van der Waals surface area contributed by atoms with Crippen molar-refractivity contribution in [2.75, 3.05) is 14.2 Å². The number of rotatable bonds is 7. The molecular weight excluding hydrogens is 580 g/mol. The maximum absolute atomic E-state index is 14.1. The number of methoxy groups -OCH3 is 2. The van der Waals surface area contributed by atoms with Crippen molar-refractivity contribution in [2.24, 2.45) is 0 Å². The van der Waals surface area contributed by atoms with Crippen LogP contribution in [0.3, 0.4) is 0 Å². The van der Waals surface area contributed by atoms with Gasteiger partial charge in [-0.3, -0.25) is 19.8 Å². The lowest BCUT2D eigenvalue weighted by atomic mass is 9.85. The second-order valence-corrected chi connectivity index (χ2v) is 9.64. The molecule has 10 nitrogen and oxygen atoms in total. The first-order valence-corrected chi connectivity index (χ1v) is 12.9. The Hall–Kier alpha value is -4.90. The van der Waals surface area contributed by atoms with Gasteiger partial charge < -0.3 is 9.47 Å². The van der Waals surface area contributed by atoms with Gasteiger partial charge in [0.05, 0.1) is 36.7 Å². The number of hydrogen-bond donors (Lipinski definition) is 2. The Bertz CT molecular complexity index is 1690. The van der Waals surface area contributed by atoms with Gasteiger partial charge in [0.25, 0.3) is 11.1 Å². The van der Waals surface area contributed by atoms with Gasteiger partial charge in [0, 0.05) is 10.4 Å². The number of halogens is 1. The maximum Gasteiger partial charge on any atom is 0.356 e.